The topological polar surface area (TPSA) is 89.3 Å². The summed E-state index contributed by atoms with van der Waals surface area (Å²) in [6.07, 6.45) is 1.60. The summed E-state index contributed by atoms with van der Waals surface area (Å²) < 4.78 is 0. The van der Waals surface area contributed by atoms with Crippen molar-refractivity contribution in [2.45, 2.75) is 31.4 Å². The van der Waals surface area contributed by atoms with Crippen LogP contribution in [0, 0.1) is 5.92 Å². The summed E-state index contributed by atoms with van der Waals surface area (Å²) in [7, 11) is 0. The SMILES string of the molecule is NC(=O)C1CCCC(N)C1O. The van der Waals surface area contributed by atoms with Crippen LogP contribution in [0.15, 0.2) is 0 Å². The maximum Gasteiger partial charge on any atom is 0.223 e. The lowest BCUT2D eigenvalue weighted by molar-refractivity contribution is -0.127. The normalized spacial score (nSPS) is 38.5. The van der Waals surface area contributed by atoms with Crippen molar-refractivity contribution in [3.8, 4) is 0 Å². The number of amides is 1. The first-order valence-electron chi connectivity index (χ1n) is 3.86. The van der Waals surface area contributed by atoms with Crippen LogP contribution in [0.5, 0.6) is 0 Å². The van der Waals surface area contributed by atoms with Gasteiger partial charge in [-0.1, -0.05) is 6.42 Å². The Balaban J connectivity index is 2.58. The molecule has 11 heavy (non-hydrogen) atoms. The molecule has 0 bridgehead atoms. The van der Waals surface area contributed by atoms with Crippen LogP contribution in [0.4, 0.5) is 0 Å². The Kier molecular flexibility index (Phi) is 2.46. The van der Waals surface area contributed by atoms with Crippen molar-refractivity contribution in [3.05, 3.63) is 0 Å². The molecule has 3 atom stereocenters. The molecule has 1 fully saturated rings. The average Bonchev–Trinajstić information content (AvgIpc) is 1.94. The van der Waals surface area contributed by atoms with Gasteiger partial charge in [-0.2, -0.15) is 0 Å². The average molecular weight is 158 g/mol. The number of aliphatic hydroxyl groups is 1. The zero-order valence-electron chi connectivity index (χ0n) is 6.36. The number of nitrogens with two attached hydrogens (primary N) is 2. The van der Waals surface area contributed by atoms with Gasteiger partial charge in [0, 0.05) is 6.04 Å². The molecule has 1 amide bonds. The molecule has 4 heteroatoms. The Morgan fingerprint density at radius 2 is 2.09 bits per heavy atom. The third-order valence-corrected chi connectivity index (χ3v) is 2.27. The Labute approximate surface area is 65.6 Å². The third kappa shape index (κ3) is 1.70. The van der Waals surface area contributed by atoms with Crippen molar-refractivity contribution in [2.75, 3.05) is 0 Å². The molecule has 0 heterocycles. The van der Waals surface area contributed by atoms with Crippen LogP contribution in [0.25, 0.3) is 0 Å². The van der Waals surface area contributed by atoms with Crippen LogP contribution in [0.1, 0.15) is 19.3 Å². The molecule has 1 aliphatic rings. The fraction of sp³-hybridized carbons (Fsp3) is 0.857. The molecule has 4 nitrogen and oxygen atoms in total. The summed E-state index contributed by atoms with van der Waals surface area (Å²) in [6.45, 7) is 0. The van der Waals surface area contributed by atoms with Crippen LogP contribution in [-0.2, 0) is 4.79 Å². The van der Waals surface area contributed by atoms with Crippen LogP contribution < -0.4 is 11.5 Å². The summed E-state index contributed by atoms with van der Waals surface area (Å²) in [5, 5.41) is 9.38. The minimum Gasteiger partial charge on any atom is -0.391 e. The first-order valence-corrected chi connectivity index (χ1v) is 3.86. The molecule has 64 valence electrons. The van der Waals surface area contributed by atoms with E-state index in [0.717, 1.165) is 12.8 Å². The third-order valence-electron chi connectivity index (χ3n) is 2.27. The van der Waals surface area contributed by atoms with E-state index in [1.54, 1.807) is 0 Å². The van der Waals surface area contributed by atoms with Gasteiger partial charge in [0.05, 0.1) is 12.0 Å². The van der Waals surface area contributed by atoms with E-state index in [2.05, 4.69) is 0 Å². The van der Waals surface area contributed by atoms with Crippen LogP contribution in [0.2, 0.25) is 0 Å². The van der Waals surface area contributed by atoms with Crippen LogP contribution in [-0.4, -0.2) is 23.2 Å². The predicted molar refractivity (Wildman–Crippen MR) is 40.5 cm³/mol. The molecule has 0 radical (unpaired) electrons. The van der Waals surface area contributed by atoms with Crippen molar-refractivity contribution in [3.63, 3.8) is 0 Å². The second-order valence-electron chi connectivity index (χ2n) is 3.09. The lowest BCUT2D eigenvalue weighted by Crippen LogP contribution is -2.47. The number of primary amides is 1. The molecular formula is C7H14N2O2. The number of hydrogen-bond donors (Lipinski definition) is 3. The zero-order valence-corrected chi connectivity index (χ0v) is 6.36. The highest BCUT2D eigenvalue weighted by Crippen LogP contribution is 2.22. The molecule has 5 N–H and O–H groups in total. The molecule has 0 aromatic carbocycles. The predicted octanol–water partition coefficient (Wildman–Crippen LogP) is -1.04. The van der Waals surface area contributed by atoms with Gasteiger partial charge in [0.15, 0.2) is 0 Å². The van der Waals surface area contributed by atoms with E-state index in [1.807, 2.05) is 0 Å². The maximum absolute atomic E-state index is 10.7. The highest BCUT2D eigenvalue weighted by molar-refractivity contribution is 5.77. The molecule has 1 rings (SSSR count). The van der Waals surface area contributed by atoms with Gasteiger partial charge in [-0.25, -0.2) is 0 Å². The van der Waals surface area contributed by atoms with Crippen LogP contribution in [0.3, 0.4) is 0 Å². The Morgan fingerprint density at radius 3 is 2.55 bits per heavy atom. The van der Waals surface area contributed by atoms with Crippen molar-refractivity contribution >= 4 is 5.91 Å². The molecule has 0 aliphatic heterocycles. The number of carbonyl (C=O) groups is 1. The highest BCUT2D eigenvalue weighted by atomic mass is 16.3. The fourth-order valence-corrected chi connectivity index (χ4v) is 1.52. The van der Waals surface area contributed by atoms with E-state index in [0.29, 0.717) is 6.42 Å². The van der Waals surface area contributed by atoms with Gasteiger partial charge < -0.3 is 16.6 Å². The molecule has 0 aromatic rings. The highest BCUT2D eigenvalue weighted by Gasteiger charge is 2.32. The largest absolute Gasteiger partial charge is 0.391 e. The number of hydrogen-bond acceptors (Lipinski definition) is 3. The summed E-state index contributed by atoms with van der Waals surface area (Å²) in [5.41, 5.74) is 10.6. The zero-order chi connectivity index (χ0) is 8.43. The minimum atomic E-state index is -0.735. The van der Waals surface area contributed by atoms with E-state index < -0.39 is 17.9 Å². The van der Waals surface area contributed by atoms with E-state index in [9.17, 15) is 9.90 Å². The van der Waals surface area contributed by atoms with E-state index in [1.165, 1.54) is 0 Å². The van der Waals surface area contributed by atoms with Gasteiger partial charge in [-0.3, -0.25) is 4.79 Å². The molecule has 3 unspecified atom stereocenters. The molecule has 0 saturated heterocycles. The maximum atomic E-state index is 10.7. The Morgan fingerprint density at radius 1 is 1.45 bits per heavy atom. The van der Waals surface area contributed by atoms with Crippen molar-refractivity contribution < 1.29 is 9.90 Å². The summed E-state index contributed by atoms with van der Waals surface area (Å²) in [6, 6.07) is -0.277. The van der Waals surface area contributed by atoms with Crippen molar-refractivity contribution in [1.29, 1.82) is 0 Å². The van der Waals surface area contributed by atoms with E-state index in [4.69, 9.17) is 11.5 Å². The second-order valence-corrected chi connectivity index (χ2v) is 3.09. The van der Waals surface area contributed by atoms with Gasteiger partial charge in [0.25, 0.3) is 0 Å². The first-order chi connectivity index (χ1) is 5.13. The minimum absolute atomic E-state index is 0.277. The van der Waals surface area contributed by atoms with E-state index >= 15 is 0 Å². The van der Waals surface area contributed by atoms with Gasteiger partial charge in [-0.15, -0.1) is 0 Å². The summed E-state index contributed by atoms with van der Waals surface area (Å²) >= 11 is 0. The van der Waals surface area contributed by atoms with E-state index in [-0.39, 0.29) is 6.04 Å². The van der Waals surface area contributed by atoms with Gasteiger partial charge in [0.2, 0.25) is 5.91 Å². The smallest absolute Gasteiger partial charge is 0.223 e. The lowest BCUT2D eigenvalue weighted by atomic mass is 9.83. The molecule has 0 spiro atoms. The Bertz CT molecular complexity index is 161. The monoisotopic (exact) mass is 158 g/mol. The molecule has 0 aromatic heterocycles. The Hall–Kier alpha value is -0.610. The first kappa shape index (κ1) is 8.49. The van der Waals surface area contributed by atoms with Gasteiger partial charge >= 0.3 is 0 Å². The number of rotatable bonds is 1. The molecule has 1 aliphatic carbocycles. The molecule has 1 saturated carbocycles. The standard InChI is InChI=1S/C7H14N2O2/c8-5-3-1-2-4(6(5)10)7(9)11/h4-6,10H,1-3,8H2,(H2,9,11). The quantitative estimate of drug-likeness (QED) is 0.455. The van der Waals surface area contributed by atoms with Gasteiger partial charge in [0.1, 0.15) is 0 Å². The summed E-state index contributed by atoms with van der Waals surface area (Å²) in [5.74, 6) is -0.869. The number of aliphatic hydroxyl groups excluding tert-OH is 1. The second kappa shape index (κ2) is 3.19. The fourth-order valence-electron chi connectivity index (χ4n) is 1.52. The summed E-state index contributed by atoms with van der Waals surface area (Å²) in [4.78, 5) is 10.7. The number of carbonyl (C=O) groups excluding carboxylic acids is 1. The lowest BCUT2D eigenvalue weighted by Gasteiger charge is -2.30. The van der Waals surface area contributed by atoms with Crippen molar-refractivity contribution in [1.82, 2.24) is 0 Å². The van der Waals surface area contributed by atoms with Crippen LogP contribution >= 0.6 is 0 Å². The van der Waals surface area contributed by atoms with Crippen molar-refractivity contribution in [2.24, 2.45) is 17.4 Å². The molecular weight excluding hydrogens is 144 g/mol. The van der Waals surface area contributed by atoms with Gasteiger partial charge in [-0.05, 0) is 12.8 Å².